The minimum absolute atomic E-state index is 0.591. The molecule has 148 valence electrons. The van der Waals surface area contributed by atoms with Crippen LogP contribution in [0, 0.1) is 0 Å². The predicted octanol–water partition coefficient (Wildman–Crippen LogP) is 4.74. The van der Waals surface area contributed by atoms with Crippen molar-refractivity contribution in [1.29, 1.82) is 0 Å². The molecule has 6 nitrogen and oxygen atoms in total. The van der Waals surface area contributed by atoms with E-state index in [2.05, 4.69) is 39.2 Å². The number of halogens is 1. The third-order valence-corrected chi connectivity index (χ3v) is 5.07. The Balaban J connectivity index is 1.77. The number of hydrogen-bond donors (Lipinski definition) is 1. The molecule has 0 radical (unpaired) electrons. The smallest absolute Gasteiger partial charge is 0.140 e. The highest BCUT2D eigenvalue weighted by molar-refractivity contribution is 6.30. The molecule has 0 spiro atoms. The van der Waals surface area contributed by atoms with Gasteiger partial charge in [-0.1, -0.05) is 42.4 Å². The molecule has 0 bridgehead atoms. The van der Waals surface area contributed by atoms with Crippen LogP contribution < -0.4 is 5.48 Å². The van der Waals surface area contributed by atoms with Crippen molar-refractivity contribution in [2.75, 3.05) is 7.11 Å². The van der Waals surface area contributed by atoms with Crippen LogP contribution in [0.25, 0.3) is 28.1 Å². The van der Waals surface area contributed by atoms with Crippen LogP contribution in [0.4, 0.5) is 0 Å². The number of benzene rings is 2. The number of aryl methyl sites for hydroxylation is 1. The van der Waals surface area contributed by atoms with Crippen molar-refractivity contribution in [3.8, 4) is 11.4 Å². The average molecular weight is 408 g/mol. The van der Waals surface area contributed by atoms with E-state index in [0.717, 1.165) is 40.4 Å². The van der Waals surface area contributed by atoms with Crippen LogP contribution in [-0.2, 0) is 17.9 Å². The van der Waals surface area contributed by atoms with Gasteiger partial charge in [-0.05, 0) is 25.1 Å². The van der Waals surface area contributed by atoms with E-state index in [9.17, 15) is 0 Å². The molecule has 0 aliphatic rings. The summed E-state index contributed by atoms with van der Waals surface area (Å²) in [7, 11) is 1.57. The quantitative estimate of drug-likeness (QED) is 0.449. The number of hydrogen-bond acceptors (Lipinski definition) is 4. The largest absolute Gasteiger partial charge is 0.327 e. The molecule has 0 aliphatic heterocycles. The summed E-state index contributed by atoms with van der Waals surface area (Å²) in [5, 5.41) is 0.687. The number of aromatic nitrogens is 4. The van der Waals surface area contributed by atoms with Gasteiger partial charge in [0, 0.05) is 35.1 Å². The lowest BCUT2D eigenvalue weighted by atomic mass is 10.1. The lowest BCUT2D eigenvalue weighted by Gasteiger charge is -2.10. The second kappa shape index (κ2) is 8.11. The lowest BCUT2D eigenvalue weighted by Crippen LogP contribution is -2.09. The van der Waals surface area contributed by atoms with Crippen molar-refractivity contribution < 1.29 is 4.84 Å². The molecule has 29 heavy (non-hydrogen) atoms. The maximum absolute atomic E-state index is 6.17. The second-order valence-corrected chi connectivity index (χ2v) is 7.06. The van der Waals surface area contributed by atoms with E-state index in [1.54, 1.807) is 13.3 Å². The minimum Gasteiger partial charge on any atom is -0.327 e. The predicted molar refractivity (Wildman–Crippen MR) is 116 cm³/mol. The van der Waals surface area contributed by atoms with E-state index in [1.807, 2.05) is 42.6 Å². The molecule has 4 rings (SSSR count). The summed E-state index contributed by atoms with van der Waals surface area (Å²) < 4.78 is 4.29. The molecule has 0 amide bonds. The summed E-state index contributed by atoms with van der Waals surface area (Å²) in [5.41, 5.74) is 7.32. The Hall–Kier alpha value is -3.09. The number of nitrogens with one attached hydrogen (secondary N) is 1. The van der Waals surface area contributed by atoms with E-state index in [4.69, 9.17) is 21.4 Å². The van der Waals surface area contributed by atoms with Crippen molar-refractivity contribution in [3.05, 3.63) is 77.8 Å². The number of fused-ring (bicyclic) bond motifs is 1. The Kier molecular flexibility index (Phi) is 5.38. The maximum atomic E-state index is 6.17. The summed E-state index contributed by atoms with van der Waals surface area (Å²) in [6.07, 6.45) is 3.76. The van der Waals surface area contributed by atoms with Gasteiger partial charge in [0.05, 0.1) is 30.4 Å². The minimum atomic E-state index is 0.591. The highest BCUT2D eigenvalue weighted by Crippen LogP contribution is 2.26. The zero-order chi connectivity index (χ0) is 20.4. The van der Waals surface area contributed by atoms with Crippen LogP contribution in [-0.4, -0.2) is 26.2 Å². The normalized spacial score (nSPS) is 11.1. The number of imidazole rings is 2. The van der Waals surface area contributed by atoms with Gasteiger partial charge in [0.15, 0.2) is 0 Å². The topological polar surface area (TPSA) is 56.9 Å². The monoisotopic (exact) mass is 407 g/mol. The van der Waals surface area contributed by atoms with Crippen molar-refractivity contribution >= 4 is 28.3 Å². The first kappa shape index (κ1) is 19.2. The third kappa shape index (κ3) is 3.64. The van der Waals surface area contributed by atoms with Crippen LogP contribution >= 0.6 is 11.6 Å². The Labute approximate surface area is 174 Å². The maximum Gasteiger partial charge on any atom is 0.140 e. The molecule has 2 aromatic carbocycles. The van der Waals surface area contributed by atoms with Gasteiger partial charge in [0.1, 0.15) is 11.6 Å². The highest BCUT2D eigenvalue weighted by atomic mass is 35.5. The van der Waals surface area contributed by atoms with Crippen LogP contribution in [0.3, 0.4) is 0 Å². The van der Waals surface area contributed by atoms with Crippen LogP contribution in [0.5, 0.6) is 0 Å². The molecule has 0 aliphatic carbocycles. The van der Waals surface area contributed by atoms with Crippen molar-refractivity contribution in [3.63, 3.8) is 0 Å². The molecule has 0 atom stereocenters. The lowest BCUT2D eigenvalue weighted by molar-refractivity contribution is 0.137. The van der Waals surface area contributed by atoms with Crippen LogP contribution in [0.15, 0.2) is 61.4 Å². The van der Waals surface area contributed by atoms with Crippen molar-refractivity contribution in [2.24, 2.45) is 0 Å². The molecule has 0 unspecified atom stereocenters. The van der Waals surface area contributed by atoms with Gasteiger partial charge >= 0.3 is 0 Å². The van der Waals surface area contributed by atoms with Crippen molar-refractivity contribution in [1.82, 2.24) is 24.6 Å². The van der Waals surface area contributed by atoms with E-state index < -0.39 is 0 Å². The summed E-state index contributed by atoms with van der Waals surface area (Å²) in [6.45, 7) is 7.57. The SMILES string of the molecule is C=C(NOC)c1cccc2c1nc(Cn1ccnc1-c1cccc(Cl)c1)n2CC. The standard InChI is InChI=1S/C22H22ClN5O/c1-4-28-19-10-6-9-18(15(2)26-29-3)21(19)25-20(28)14-27-12-11-24-22(27)16-7-5-8-17(23)13-16/h5-13,26H,2,4,14H2,1,3H3. The summed E-state index contributed by atoms with van der Waals surface area (Å²) >= 11 is 6.17. The molecule has 2 aromatic heterocycles. The average Bonchev–Trinajstić information content (AvgIpc) is 3.32. The fourth-order valence-electron chi connectivity index (χ4n) is 3.57. The molecule has 1 N–H and O–H groups in total. The van der Waals surface area contributed by atoms with Gasteiger partial charge in [-0.15, -0.1) is 0 Å². The first-order valence-electron chi connectivity index (χ1n) is 9.35. The summed E-state index contributed by atoms with van der Waals surface area (Å²) in [5.74, 6) is 1.80. The Morgan fingerprint density at radius 3 is 2.83 bits per heavy atom. The highest BCUT2D eigenvalue weighted by Gasteiger charge is 2.16. The van der Waals surface area contributed by atoms with Crippen LogP contribution in [0.2, 0.25) is 5.02 Å². The fourth-order valence-corrected chi connectivity index (χ4v) is 3.76. The number of rotatable bonds is 7. The van der Waals surface area contributed by atoms with Gasteiger partial charge < -0.3 is 9.13 Å². The van der Waals surface area contributed by atoms with Gasteiger partial charge in [0.2, 0.25) is 0 Å². The van der Waals surface area contributed by atoms with E-state index in [-0.39, 0.29) is 0 Å². The number of hydroxylamine groups is 1. The van der Waals surface area contributed by atoms with Crippen LogP contribution in [0.1, 0.15) is 18.3 Å². The molecule has 2 heterocycles. The fraction of sp³-hybridized carbons (Fsp3) is 0.182. The van der Waals surface area contributed by atoms with Gasteiger partial charge in [-0.3, -0.25) is 10.3 Å². The first-order chi connectivity index (χ1) is 14.1. The van der Waals surface area contributed by atoms with Crippen molar-refractivity contribution in [2.45, 2.75) is 20.0 Å². The summed E-state index contributed by atoms with van der Waals surface area (Å²) in [6, 6.07) is 13.8. The van der Waals surface area contributed by atoms with E-state index in [1.165, 1.54) is 0 Å². The number of para-hydroxylation sites is 1. The second-order valence-electron chi connectivity index (χ2n) is 6.62. The Morgan fingerprint density at radius 2 is 2.07 bits per heavy atom. The molecule has 4 aromatic rings. The third-order valence-electron chi connectivity index (χ3n) is 4.83. The van der Waals surface area contributed by atoms with Gasteiger partial charge in [0.25, 0.3) is 0 Å². The molecule has 0 saturated heterocycles. The Morgan fingerprint density at radius 1 is 1.24 bits per heavy atom. The van der Waals surface area contributed by atoms with E-state index in [0.29, 0.717) is 17.3 Å². The van der Waals surface area contributed by atoms with Gasteiger partial charge in [-0.25, -0.2) is 9.97 Å². The molecule has 0 fully saturated rings. The Bertz CT molecular complexity index is 1180. The first-order valence-corrected chi connectivity index (χ1v) is 9.73. The van der Waals surface area contributed by atoms with E-state index >= 15 is 0 Å². The zero-order valence-electron chi connectivity index (χ0n) is 16.4. The molecular formula is C22H22ClN5O. The number of nitrogens with zero attached hydrogens (tertiary/aromatic N) is 4. The molecule has 0 saturated carbocycles. The summed E-state index contributed by atoms with van der Waals surface area (Å²) in [4.78, 5) is 14.5. The van der Waals surface area contributed by atoms with Gasteiger partial charge in [-0.2, -0.15) is 0 Å². The zero-order valence-corrected chi connectivity index (χ0v) is 17.1. The molecule has 7 heteroatoms. The molecular weight excluding hydrogens is 386 g/mol.